The molecule has 1 aliphatic rings. The van der Waals surface area contributed by atoms with Crippen LogP contribution in [0.1, 0.15) is 46.4 Å². The molecule has 2 heterocycles. The van der Waals surface area contributed by atoms with Crippen molar-refractivity contribution < 1.29 is 9.32 Å². The summed E-state index contributed by atoms with van der Waals surface area (Å²) < 4.78 is 7.08. The van der Waals surface area contributed by atoms with Crippen LogP contribution in [0.3, 0.4) is 0 Å². The summed E-state index contributed by atoms with van der Waals surface area (Å²) in [4.78, 5) is 12.5. The molecule has 1 N–H and O–H groups in total. The van der Waals surface area contributed by atoms with Gasteiger partial charge in [0.05, 0.1) is 17.1 Å². The Morgan fingerprint density at radius 3 is 2.75 bits per heavy atom. The van der Waals surface area contributed by atoms with Crippen molar-refractivity contribution in [3.8, 4) is 5.69 Å². The van der Waals surface area contributed by atoms with Crippen molar-refractivity contribution in [2.75, 3.05) is 5.32 Å². The number of carbonyl (C=O) groups excluding carboxylic acids is 1. The van der Waals surface area contributed by atoms with Crippen LogP contribution in [0, 0.1) is 13.8 Å². The summed E-state index contributed by atoms with van der Waals surface area (Å²) in [5.41, 5.74) is 3.75. The van der Waals surface area contributed by atoms with Gasteiger partial charge in [0.2, 0.25) is 0 Å². The molecule has 1 aromatic carbocycles. The van der Waals surface area contributed by atoms with E-state index in [1.807, 2.05) is 48.9 Å². The average molecular weight is 322 g/mol. The van der Waals surface area contributed by atoms with Crippen molar-refractivity contribution in [2.45, 2.75) is 32.6 Å². The Balaban J connectivity index is 1.62. The number of rotatable bonds is 4. The zero-order valence-corrected chi connectivity index (χ0v) is 13.6. The lowest BCUT2D eigenvalue weighted by Crippen LogP contribution is -2.14. The number of aryl methyl sites for hydroxylation is 2. The standard InChI is InChI=1S/C18H18N4O2/c1-11-9-12(2)22(20-11)16-6-4-3-5-14(16)19-18(23)15-10-17(24-21-15)13-7-8-13/h3-6,9-10,13H,7-8H2,1-2H3,(H,19,23). The molecule has 1 aliphatic carbocycles. The van der Waals surface area contributed by atoms with Gasteiger partial charge in [0, 0.05) is 17.7 Å². The molecule has 0 unspecified atom stereocenters. The van der Waals surface area contributed by atoms with E-state index in [4.69, 9.17) is 4.52 Å². The van der Waals surface area contributed by atoms with Gasteiger partial charge in [0.1, 0.15) is 5.76 Å². The fourth-order valence-electron chi connectivity index (χ4n) is 2.78. The molecule has 24 heavy (non-hydrogen) atoms. The number of anilines is 1. The molecule has 0 radical (unpaired) electrons. The Labute approximate surface area is 139 Å². The normalized spacial score (nSPS) is 13.9. The molecule has 6 nitrogen and oxygen atoms in total. The molecule has 1 fully saturated rings. The molecule has 3 aromatic rings. The number of hydrogen-bond donors (Lipinski definition) is 1. The maximum atomic E-state index is 12.5. The summed E-state index contributed by atoms with van der Waals surface area (Å²) in [7, 11) is 0. The van der Waals surface area contributed by atoms with E-state index in [-0.39, 0.29) is 5.91 Å². The first-order chi connectivity index (χ1) is 11.6. The molecule has 0 saturated heterocycles. The summed E-state index contributed by atoms with van der Waals surface area (Å²) in [6.07, 6.45) is 2.22. The van der Waals surface area contributed by atoms with Crippen LogP contribution in [0.4, 0.5) is 5.69 Å². The van der Waals surface area contributed by atoms with Crippen LogP contribution < -0.4 is 5.32 Å². The molecule has 2 aromatic heterocycles. The van der Waals surface area contributed by atoms with Gasteiger partial charge in [0.25, 0.3) is 5.91 Å². The highest BCUT2D eigenvalue weighted by atomic mass is 16.5. The van der Waals surface area contributed by atoms with Crippen molar-refractivity contribution in [3.05, 3.63) is 59.2 Å². The smallest absolute Gasteiger partial charge is 0.277 e. The van der Waals surface area contributed by atoms with E-state index in [0.717, 1.165) is 35.7 Å². The van der Waals surface area contributed by atoms with E-state index >= 15 is 0 Å². The predicted molar refractivity (Wildman–Crippen MR) is 89.5 cm³/mol. The third-order valence-electron chi connectivity index (χ3n) is 4.13. The van der Waals surface area contributed by atoms with Gasteiger partial charge in [-0.05, 0) is 44.9 Å². The van der Waals surface area contributed by atoms with Crippen LogP contribution in [-0.4, -0.2) is 20.8 Å². The van der Waals surface area contributed by atoms with E-state index in [0.29, 0.717) is 17.3 Å². The number of benzene rings is 1. The summed E-state index contributed by atoms with van der Waals surface area (Å²) >= 11 is 0. The van der Waals surface area contributed by atoms with E-state index in [1.165, 1.54) is 0 Å². The highest BCUT2D eigenvalue weighted by molar-refractivity contribution is 6.03. The molecule has 4 rings (SSSR count). The quantitative estimate of drug-likeness (QED) is 0.796. The molecule has 0 bridgehead atoms. The number of nitrogens with one attached hydrogen (secondary N) is 1. The minimum atomic E-state index is -0.278. The van der Waals surface area contributed by atoms with Crippen molar-refractivity contribution in [1.29, 1.82) is 0 Å². The molecule has 0 aliphatic heterocycles. The average Bonchev–Trinajstić information content (AvgIpc) is 3.19. The van der Waals surface area contributed by atoms with Crippen molar-refractivity contribution >= 4 is 11.6 Å². The largest absolute Gasteiger partial charge is 0.360 e. The van der Waals surface area contributed by atoms with Crippen LogP contribution in [-0.2, 0) is 0 Å². The van der Waals surface area contributed by atoms with Gasteiger partial charge in [-0.15, -0.1) is 0 Å². The number of carbonyl (C=O) groups is 1. The maximum absolute atomic E-state index is 12.5. The van der Waals surface area contributed by atoms with Gasteiger partial charge in [-0.1, -0.05) is 17.3 Å². The van der Waals surface area contributed by atoms with Crippen LogP contribution in [0.5, 0.6) is 0 Å². The Hall–Kier alpha value is -2.89. The summed E-state index contributed by atoms with van der Waals surface area (Å²) in [5, 5.41) is 11.3. The molecule has 1 saturated carbocycles. The zero-order chi connectivity index (χ0) is 16.7. The van der Waals surface area contributed by atoms with Crippen molar-refractivity contribution in [3.63, 3.8) is 0 Å². The van der Waals surface area contributed by atoms with Crippen LogP contribution in [0.2, 0.25) is 0 Å². The van der Waals surface area contributed by atoms with Gasteiger partial charge in [-0.2, -0.15) is 5.10 Å². The van der Waals surface area contributed by atoms with E-state index in [2.05, 4.69) is 15.6 Å². The number of hydrogen-bond acceptors (Lipinski definition) is 4. The highest BCUT2D eigenvalue weighted by Crippen LogP contribution is 2.40. The van der Waals surface area contributed by atoms with Gasteiger partial charge >= 0.3 is 0 Å². The molecular weight excluding hydrogens is 304 g/mol. The second kappa shape index (κ2) is 5.63. The Morgan fingerprint density at radius 1 is 1.25 bits per heavy atom. The number of amides is 1. The highest BCUT2D eigenvalue weighted by Gasteiger charge is 2.29. The van der Waals surface area contributed by atoms with Crippen molar-refractivity contribution in [1.82, 2.24) is 14.9 Å². The number of para-hydroxylation sites is 2. The lowest BCUT2D eigenvalue weighted by atomic mass is 10.2. The van der Waals surface area contributed by atoms with Gasteiger partial charge in [-0.25, -0.2) is 4.68 Å². The first-order valence-electron chi connectivity index (χ1n) is 8.02. The first-order valence-corrected chi connectivity index (χ1v) is 8.02. The summed E-state index contributed by atoms with van der Waals surface area (Å²) in [6, 6.07) is 11.3. The van der Waals surface area contributed by atoms with Gasteiger partial charge in [0.15, 0.2) is 5.69 Å². The maximum Gasteiger partial charge on any atom is 0.277 e. The van der Waals surface area contributed by atoms with E-state index in [9.17, 15) is 4.79 Å². The monoisotopic (exact) mass is 322 g/mol. The predicted octanol–water partition coefficient (Wildman–Crippen LogP) is 3.61. The molecule has 1 amide bonds. The van der Waals surface area contributed by atoms with Crippen LogP contribution in [0.25, 0.3) is 5.69 Å². The second-order valence-corrected chi connectivity index (χ2v) is 6.20. The lowest BCUT2D eigenvalue weighted by molar-refractivity contribution is 0.101. The Kier molecular flexibility index (Phi) is 3.45. The SMILES string of the molecule is Cc1cc(C)n(-c2ccccc2NC(=O)c2cc(C3CC3)on2)n1. The molecular formula is C18H18N4O2. The zero-order valence-electron chi connectivity index (χ0n) is 13.6. The molecule has 0 atom stereocenters. The van der Waals surface area contributed by atoms with Crippen molar-refractivity contribution in [2.24, 2.45) is 0 Å². The van der Waals surface area contributed by atoms with Gasteiger partial charge < -0.3 is 9.84 Å². The fourth-order valence-corrected chi connectivity index (χ4v) is 2.78. The summed E-state index contributed by atoms with van der Waals surface area (Å²) in [6.45, 7) is 3.93. The third-order valence-corrected chi connectivity index (χ3v) is 4.13. The second-order valence-electron chi connectivity index (χ2n) is 6.20. The Morgan fingerprint density at radius 2 is 2.04 bits per heavy atom. The molecule has 6 heteroatoms. The third kappa shape index (κ3) is 2.71. The number of nitrogens with zero attached hydrogens (tertiary/aromatic N) is 3. The van der Waals surface area contributed by atoms with E-state index < -0.39 is 0 Å². The molecule has 0 spiro atoms. The van der Waals surface area contributed by atoms with E-state index in [1.54, 1.807) is 6.07 Å². The Bertz CT molecular complexity index is 905. The lowest BCUT2D eigenvalue weighted by Gasteiger charge is -2.11. The number of aromatic nitrogens is 3. The van der Waals surface area contributed by atoms with Crippen LogP contribution in [0.15, 0.2) is 40.9 Å². The van der Waals surface area contributed by atoms with Gasteiger partial charge in [-0.3, -0.25) is 4.79 Å². The first kappa shape index (κ1) is 14.7. The topological polar surface area (TPSA) is 73.0 Å². The minimum absolute atomic E-state index is 0.278. The van der Waals surface area contributed by atoms with Crippen LogP contribution >= 0.6 is 0 Å². The summed E-state index contributed by atoms with van der Waals surface area (Å²) in [5.74, 6) is 0.952. The fraction of sp³-hybridized carbons (Fsp3) is 0.278. The minimum Gasteiger partial charge on any atom is -0.360 e. The molecule has 122 valence electrons.